The van der Waals surface area contributed by atoms with Gasteiger partial charge in [0, 0.05) is 17.5 Å². The molecule has 1 amide bonds. The van der Waals surface area contributed by atoms with Crippen LogP contribution in [0.3, 0.4) is 0 Å². The predicted molar refractivity (Wildman–Crippen MR) is 106 cm³/mol. The van der Waals surface area contributed by atoms with E-state index < -0.39 is 0 Å². The average Bonchev–Trinajstić information content (AvgIpc) is 3.17. The summed E-state index contributed by atoms with van der Waals surface area (Å²) >= 11 is 1.66. The Morgan fingerprint density at radius 3 is 2.69 bits per heavy atom. The Balaban J connectivity index is 1.90. The zero-order valence-corrected chi connectivity index (χ0v) is 16.7. The molecule has 6 heteroatoms. The summed E-state index contributed by atoms with van der Waals surface area (Å²) < 4.78 is 11.3. The van der Waals surface area contributed by atoms with E-state index in [9.17, 15) is 4.79 Å². The van der Waals surface area contributed by atoms with Crippen LogP contribution in [0.25, 0.3) is 0 Å². The minimum atomic E-state index is -0.259. The van der Waals surface area contributed by atoms with Crippen LogP contribution >= 0.6 is 11.3 Å². The topological polar surface area (TPSA) is 59.6 Å². The van der Waals surface area contributed by atoms with E-state index in [1.807, 2.05) is 49.6 Å². The number of nitrogens with one attached hydrogen (secondary N) is 2. The lowest BCUT2D eigenvalue weighted by Gasteiger charge is -2.18. The van der Waals surface area contributed by atoms with Crippen LogP contribution in [0, 0.1) is 0 Å². The highest BCUT2D eigenvalue weighted by atomic mass is 32.1. The van der Waals surface area contributed by atoms with Crippen molar-refractivity contribution < 1.29 is 14.3 Å². The van der Waals surface area contributed by atoms with Crippen molar-refractivity contribution in [3.05, 3.63) is 46.2 Å². The molecule has 1 aromatic carbocycles. The molecule has 2 aromatic rings. The summed E-state index contributed by atoms with van der Waals surface area (Å²) in [5, 5.41) is 8.26. The molecule has 0 aliphatic heterocycles. The first-order valence-corrected chi connectivity index (χ1v) is 9.77. The van der Waals surface area contributed by atoms with Gasteiger partial charge in [0.05, 0.1) is 13.2 Å². The fourth-order valence-electron chi connectivity index (χ4n) is 2.32. The van der Waals surface area contributed by atoms with Crippen molar-refractivity contribution in [2.24, 2.45) is 0 Å². The van der Waals surface area contributed by atoms with Gasteiger partial charge >= 0.3 is 0 Å². The first-order chi connectivity index (χ1) is 12.5. The van der Waals surface area contributed by atoms with Crippen LogP contribution < -0.4 is 20.1 Å². The number of carbonyl (C=O) groups is 1. The molecule has 0 radical (unpaired) electrons. The van der Waals surface area contributed by atoms with Crippen LogP contribution in [0.4, 0.5) is 0 Å². The van der Waals surface area contributed by atoms with Gasteiger partial charge < -0.3 is 20.1 Å². The third-order valence-electron chi connectivity index (χ3n) is 4.18. The van der Waals surface area contributed by atoms with Gasteiger partial charge in [-0.1, -0.05) is 19.1 Å². The summed E-state index contributed by atoms with van der Waals surface area (Å²) in [6.45, 7) is 7.03. The summed E-state index contributed by atoms with van der Waals surface area (Å²) in [4.78, 5) is 13.3. The maximum absolute atomic E-state index is 12.1. The van der Waals surface area contributed by atoms with E-state index in [2.05, 4.69) is 17.6 Å². The Kier molecular flexibility index (Phi) is 7.94. The van der Waals surface area contributed by atoms with Gasteiger partial charge in [0.25, 0.3) is 0 Å². The van der Waals surface area contributed by atoms with Gasteiger partial charge in [-0.3, -0.25) is 4.79 Å². The van der Waals surface area contributed by atoms with Gasteiger partial charge in [-0.15, -0.1) is 11.3 Å². The molecule has 0 fully saturated rings. The fourth-order valence-corrected chi connectivity index (χ4v) is 2.93. The van der Waals surface area contributed by atoms with Crippen molar-refractivity contribution in [3.8, 4) is 11.5 Å². The molecule has 2 atom stereocenters. The summed E-state index contributed by atoms with van der Waals surface area (Å²) in [5.74, 6) is 1.42. The molecule has 142 valence electrons. The summed E-state index contributed by atoms with van der Waals surface area (Å²) in [6.07, 6.45) is 0.919. The molecule has 0 bridgehead atoms. The number of rotatable bonds is 10. The van der Waals surface area contributed by atoms with Gasteiger partial charge in [0.1, 0.15) is 6.61 Å². The first kappa shape index (κ1) is 20.3. The van der Waals surface area contributed by atoms with Gasteiger partial charge in [0.2, 0.25) is 5.91 Å². The van der Waals surface area contributed by atoms with Crippen LogP contribution in [0.15, 0.2) is 35.7 Å². The number of methoxy groups -OCH3 is 1. The normalized spacial score (nSPS) is 13.1. The lowest BCUT2D eigenvalue weighted by atomic mass is 10.1. The third-order valence-corrected chi connectivity index (χ3v) is 5.03. The predicted octanol–water partition coefficient (Wildman–Crippen LogP) is 3.73. The number of carbonyl (C=O) groups excluding carboxylic acids is 1. The minimum Gasteiger partial charge on any atom is -0.493 e. The van der Waals surface area contributed by atoms with E-state index in [1.165, 1.54) is 4.88 Å². The molecular formula is C20H28N2O3S. The molecule has 2 rings (SSSR count). The maximum Gasteiger partial charge on any atom is 0.237 e. The SMILES string of the molecule is CCC(C)NC(=O)C(C)NCc1ccc(OCc2cccs2)c(OC)c1. The average molecular weight is 377 g/mol. The lowest BCUT2D eigenvalue weighted by Crippen LogP contribution is -2.45. The third kappa shape index (κ3) is 6.04. The molecule has 1 aromatic heterocycles. The number of thiophene rings is 1. The summed E-state index contributed by atoms with van der Waals surface area (Å²) in [6, 6.07) is 9.81. The molecule has 0 aliphatic carbocycles. The molecule has 5 nitrogen and oxygen atoms in total. The largest absolute Gasteiger partial charge is 0.493 e. The number of hydrogen-bond acceptors (Lipinski definition) is 5. The van der Waals surface area contributed by atoms with Crippen LogP contribution in [-0.2, 0) is 17.9 Å². The molecule has 2 N–H and O–H groups in total. The molecule has 0 spiro atoms. The standard InChI is InChI=1S/C20H28N2O3S/c1-5-14(2)22-20(23)15(3)21-12-16-8-9-18(19(11-16)24-4)25-13-17-7-6-10-26-17/h6-11,14-15,21H,5,12-13H2,1-4H3,(H,22,23). The molecule has 2 unspecified atom stereocenters. The van der Waals surface area contributed by atoms with Crippen LogP contribution in [0.1, 0.15) is 37.6 Å². The van der Waals surface area contributed by atoms with Gasteiger partial charge in [-0.25, -0.2) is 0 Å². The van der Waals surface area contributed by atoms with Crippen molar-refractivity contribution in [3.63, 3.8) is 0 Å². The smallest absolute Gasteiger partial charge is 0.237 e. The maximum atomic E-state index is 12.1. The van der Waals surface area contributed by atoms with Crippen molar-refractivity contribution >= 4 is 17.2 Å². The zero-order valence-electron chi connectivity index (χ0n) is 15.9. The molecular weight excluding hydrogens is 348 g/mol. The highest BCUT2D eigenvalue weighted by molar-refractivity contribution is 7.09. The van der Waals surface area contributed by atoms with Crippen molar-refractivity contribution in [2.75, 3.05) is 7.11 Å². The highest BCUT2D eigenvalue weighted by Gasteiger charge is 2.14. The number of amides is 1. The lowest BCUT2D eigenvalue weighted by molar-refractivity contribution is -0.123. The highest BCUT2D eigenvalue weighted by Crippen LogP contribution is 2.29. The molecule has 26 heavy (non-hydrogen) atoms. The quantitative estimate of drug-likeness (QED) is 0.663. The van der Waals surface area contributed by atoms with E-state index in [1.54, 1.807) is 18.4 Å². The Morgan fingerprint density at radius 2 is 2.04 bits per heavy atom. The molecule has 0 saturated carbocycles. The first-order valence-electron chi connectivity index (χ1n) is 8.89. The van der Waals surface area contributed by atoms with Gasteiger partial charge in [-0.05, 0) is 49.4 Å². The molecule has 1 heterocycles. The zero-order chi connectivity index (χ0) is 18.9. The van der Waals surface area contributed by atoms with Crippen molar-refractivity contribution in [1.82, 2.24) is 10.6 Å². The minimum absolute atomic E-state index is 0.0159. The summed E-state index contributed by atoms with van der Waals surface area (Å²) in [7, 11) is 1.63. The van der Waals surface area contributed by atoms with E-state index >= 15 is 0 Å². The second-order valence-corrected chi connectivity index (χ2v) is 7.31. The Hall–Kier alpha value is -2.05. The summed E-state index contributed by atoms with van der Waals surface area (Å²) in [5.41, 5.74) is 1.04. The fraction of sp³-hybridized carbons (Fsp3) is 0.450. The van der Waals surface area contributed by atoms with Crippen molar-refractivity contribution in [1.29, 1.82) is 0 Å². The molecule has 0 saturated heterocycles. The number of ether oxygens (including phenoxy) is 2. The van der Waals surface area contributed by atoms with Crippen LogP contribution in [0.5, 0.6) is 11.5 Å². The number of benzene rings is 1. The van der Waals surface area contributed by atoms with Crippen LogP contribution in [-0.4, -0.2) is 25.1 Å². The Labute approximate surface area is 159 Å². The Bertz CT molecular complexity index is 688. The van der Waals surface area contributed by atoms with Gasteiger partial charge in [0.15, 0.2) is 11.5 Å². The monoisotopic (exact) mass is 376 g/mol. The van der Waals surface area contributed by atoms with E-state index in [0.29, 0.717) is 24.7 Å². The van der Waals surface area contributed by atoms with E-state index in [-0.39, 0.29) is 18.0 Å². The number of hydrogen-bond donors (Lipinski definition) is 2. The van der Waals surface area contributed by atoms with Crippen LogP contribution in [0.2, 0.25) is 0 Å². The van der Waals surface area contributed by atoms with E-state index in [4.69, 9.17) is 9.47 Å². The Morgan fingerprint density at radius 1 is 1.23 bits per heavy atom. The second-order valence-electron chi connectivity index (χ2n) is 6.27. The van der Waals surface area contributed by atoms with Gasteiger partial charge in [-0.2, -0.15) is 0 Å². The second kappa shape index (κ2) is 10.2. The van der Waals surface area contributed by atoms with Crippen molar-refractivity contribution in [2.45, 2.75) is 52.4 Å². The van der Waals surface area contributed by atoms with E-state index in [0.717, 1.165) is 12.0 Å². The molecule has 0 aliphatic rings.